The fraction of sp³-hybridized carbons (Fsp3) is 0.500. The molecule has 1 fully saturated rings. The summed E-state index contributed by atoms with van der Waals surface area (Å²) in [6, 6.07) is 3.87. The highest BCUT2D eigenvalue weighted by atomic mass is 35.5. The van der Waals surface area contributed by atoms with Crippen LogP contribution in [0.25, 0.3) is 0 Å². The summed E-state index contributed by atoms with van der Waals surface area (Å²) < 4.78 is 5.36. The Morgan fingerprint density at radius 3 is 2.69 bits per heavy atom. The maximum Gasteiger partial charge on any atom is 0.124 e. The van der Waals surface area contributed by atoms with Crippen LogP contribution in [0.3, 0.4) is 0 Å². The molecular weight excluding hydrogens is 224 g/mol. The molecule has 2 rings (SSSR count). The van der Waals surface area contributed by atoms with Crippen LogP contribution in [0.15, 0.2) is 12.1 Å². The summed E-state index contributed by atoms with van der Waals surface area (Å²) in [4.78, 5) is 0. The van der Waals surface area contributed by atoms with Crippen molar-refractivity contribution in [2.45, 2.75) is 13.0 Å². The molecule has 16 heavy (non-hydrogen) atoms. The van der Waals surface area contributed by atoms with Crippen LogP contribution >= 0.6 is 11.6 Å². The molecule has 0 spiro atoms. The van der Waals surface area contributed by atoms with E-state index in [1.807, 2.05) is 19.1 Å². The van der Waals surface area contributed by atoms with E-state index in [2.05, 4.69) is 5.32 Å². The molecule has 0 aromatic heterocycles. The van der Waals surface area contributed by atoms with E-state index < -0.39 is 0 Å². The van der Waals surface area contributed by atoms with Crippen molar-refractivity contribution in [3.8, 4) is 5.75 Å². The van der Waals surface area contributed by atoms with E-state index in [1.165, 1.54) is 0 Å². The third-order valence-electron chi connectivity index (χ3n) is 3.19. The first kappa shape index (κ1) is 11.7. The molecule has 0 radical (unpaired) electrons. The molecule has 1 atom stereocenters. The number of benzene rings is 1. The molecule has 1 aromatic rings. The molecule has 0 amide bonds. The molecule has 0 bridgehead atoms. The number of ether oxygens (including phenoxy) is 1. The minimum atomic E-state index is -0.00528. The number of nitrogens with two attached hydrogens (primary N) is 1. The van der Waals surface area contributed by atoms with Gasteiger partial charge in [0.25, 0.3) is 0 Å². The zero-order valence-electron chi connectivity index (χ0n) is 9.59. The highest BCUT2D eigenvalue weighted by Crippen LogP contribution is 2.34. The van der Waals surface area contributed by atoms with Gasteiger partial charge < -0.3 is 15.8 Å². The first-order chi connectivity index (χ1) is 7.63. The van der Waals surface area contributed by atoms with Crippen molar-refractivity contribution < 1.29 is 4.74 Å². The SMILES string of the molecule is COc1cc(C)c(Cl)cc1C(N)C1CNC1. The first-order valence-electron chi connectivity index (χ1n) is 5.44. The normalized spacial score (nSPS) is 18.0. The number of halogens is 1. The van der Waals surface area contributed by atoms with Crippen LogP contribution in [0.4, 0.5) is 0 Å². The molecule has 1 saturated heterocycles. The van der Waals surface area contributed by atoms with Gasteiger partial charge in [-0.25, -0.2) is 0 Å². The Morgan fingerprint density at radius 2 is 2.19 bits per heavy atom. The summed E-state index contributed by atoms with van der Waals surface area (Å²) in [5.74, 6) is 1.31. The van der Waals surface area contributed by atoms with Gasteiger partial charge in [-0.3, -0.25) is 0 Å². The van der Waals surface area contributed by atoms with Crippen molar-refractivity contribution in [3.63, 3.8) is 0 Å². The van der Waals surface area contributed by atoms with Crippen molar-refractivity contribution in [1.82, 2.24) is 5.32 Å². The van der Waals surface area contributed by atoms with Crippen LogP contribution < -0.4 is 15.8 Å². The number of rotatable bonds is 3. The average molecular weight is 241 g/mol. The first-order valence-corrected chi connectivity index (χ1v) is 5.81. The summed E-state index contributed by atoms with van der Waals surface area (Å²) in [6.45, 7) is 3.90. The molecule has 3 N–H and O–H groups in total. The minimum absolute atomic E-state index is 0.00528. The van der Waals surface area contributed by atoms with E-state index in [-0.39, 0.29) is 6.04 Å². The summed E-state index contributed by atoms with van der Waals surface area (Å²) in [5.41, 5.74) is 8.24. The predicted molar refractivity (Wildman–Crippen MR) is 66.0 cm³/mol. The zero-order chi connectivity index (χ0) is 11.7. The van der Waals surface area contributed by atoms with E-state index in [9.17, 15) is 0 Å². The van der Waals surface area contributed by atoms with Gasteiger partial charge in [0.2, 0.25) is 0 Å². The molecule has 0 saturated carbocycles. The Labute approximate surface area is 101 Å². The molecule has 4 heteroatoms. The number of hydrogen-bond acceptors (Lipinski definition) is 3. The lowest BCUT2D eigenvalue weighted by atomic mass is 9.88. The Morgan fingerprint density at radius 1 is 1.50 bits per heavy atom. The molecule has 1 unspecified atom stereocenters. The third-order valence-corrected chi connectivity index (χ3v) is 3.60. The summed E-state index contributed by atoms with van der Waals surface area (Å²) >= 11 is 6.13. The van der Waals surface area contributed by atoms with Crippen LogP contribution in [-0.2, 0) is 0 Å². The molecular formula is C12H17ClN2O. The Bertz CT molecular complexity index is 391. The van der Waals surface area contributed by atoms with Crippen molar-refractivity contribution in [2.24, 2.45) is 11.7 Å². The smallest absolute Gasteiger partial charge is 0.124 e. The zero-order valence-corrected chi connectivity index (χ0v) is 10.3. The maximum absolute atomic E-state index is 6.22. The molecule has 88 valence electrons. The lowest BCUT2D eigenvalue weighted by Gasteiger charge is -2.33. The Hall–Kier alpha value is -0.770. The van der Waals surface area contributed by atoms with Crippen LogP contribution in [0, 0.1) is 12.8 Å². The Kier molecular flexibility index (Phi) is 3.38. The summed E-state index contributed by atoms with van der Waals surface area (Å²) in [5, 5.41) is 3.97. The Balaban J connectivity index is 2.33. The van der Waals surface area contributed by atoms with Gasteiger partial charge in [0.05, 0.1) is 7.11 Å². The number of nitrogens with one attached hydrogen (secondary N) is 1. The van der Waals surface area contributed by atoms with Gasteiger partial charge in [0, 0.05) is 35.6 Å². The molecule has 1 heterocycles. The van der Waals surface area contributed by atoms with Gasteiger partial charge in [0.15, 0.2) is 0 Å². The second-order valence-electron chi connectivity index (χ2n) is 4.29. The summed E-state index contributed by atoms with van der Waals surface area (Å²) in [7, 11) is 1.66. The second kappa shape index (κ2) is 4.62. The van der Waals surface area contributed by atoms with Crippen molar-refractivity contribution in [2.75, 3.05) is 20.2 Å². The van der Waals surface area contributed by atoms with Gasteiger partial charge in [-0.05, 0) is 24.6 Å². The quantitative estimate of drug-likeness (QED) is 0.848. The number of aryl methyl sites for hydroxylation is 1. The molecule has 0 aliphatic carbocycles. The number of methoxy groups -OCH3 is 1. The van der Waals surface area contributed by atoms with Gasteiger partial charge in [-0.15, -0.1) is 0 Å². The summed E-state index contributed by atoms with van der Waals surface area (Å²) in [6.07, 6.45) is 0. The fourth-order valence-electron chi connectivity index (χ4n) is 1.93. The van der Waals surface area contributed by atoms with Crippen LogP contribution in [0.5, 0.6) is 5.75 Å². The second-order valence-corrected chi connectivity index (χ2v) is 4.69. The van der Waals surface area contributed by atoms with E-state index >= 15 is 0 Å². The lowest BCUT2D eigenvalue weighted by molar-refractivity contribution is 0.288. The topological polar surface area (TPSA) is 47.3 Å². The fourth-order valence-corrected chi connectivity index (χ4v) is 2.10. The van der Waals surface area contributed by atoms with Gasteiger partial charge in [-0.2, -0.15) is 0 Å². The van der Waals surface area contributed by atoms with E-state index in [0.717, 1.165) is 35.0 Å². The molecule has 3 nitrogen and oxygen atoms in total. The predicted octanol–water partition coefficient (Wildman–Crippen LogP) is 1.88. The van der Waals surface area contributed by atoms with Crippen molar-refractivity contribution in [3.05, 3.63) is 28.3 Å². The van der Waals surface area contributed by atoms with Crippen molar-refractivity contribution in [1.29, 1.82) is 0 Å². The van der Waals surface area contributed by atoms with E-state index in [1.54, 1.807) is 7.11 Å². The third kappa shape index (κ3) is 2.03. The molecule has 1 aliphatic rings. The van der Waals surface area contributed by atoms with Crippen LogP contribution in [0.1, 0.15) is 17.2 Å². The highest BCUT2D eigenvalue weighted by molar-refractivity contribution is 6.31. The van der Waals surface area contributed by atoms with Gasteiger partial charge >= 0.3 is 0 Å². The van der Waals surface area contributed by atoms with E-state index in [0.29, 0.717) is 5.92 Å². The van der Waals surface area contributed by atoms with E-state index in [4.69, 9.17) is 22.1 Å². The standard InChI is InChI=1S/C12H17ClN2O/c1-7-3-11(16-2)9(4-10(7)13)12(14)8-5-15-6-8/h3-4,8,12,15H,5-6,14H2,1-2H3. The van der Waals surface area contributed by atoms with Crippen LogP contribution in [0.2, 0.25) is 5.02 Å². The number of hydrogen-bond donors (Lipinski definition) is 2. The van der Waals surface area contributed by atoms with Crippen LogP contribution in [-0.4, -0.2) is 20.2 Å². The average Bonchev–Trinajstić information content (AvgIpc) is 2.18. The van der Waals surface area contributed by atoms with Gasteiger partial charge in [-0.1, -0.05) is 11.6 Å². The lowest BCUT2D eigenvalue weighted by Crippen LogP contribution is -2.47. The molecule has 1 aliphatic heterocycles. The maximum atomic E-state index is 6.22. The minimum Gasteiger partial charge on any atom is -0.496 e. The highest BCUT2D eigenvalue weighted by Gasteiger charge is 2.27. The largest absolute Gasteiger partial charge is 0.496 e. The molecule has 1 aromatic carbocycles. The van der Waals surface area contributed by atoms with Crippen molar-refractivity contribution >= 4 is 11.6 Å². The van der Waals surface area contributed by atoms with Gasteiger partial charge in [0.1, 0.15) is 5.75 Å². The monoisotopic (exact) mass is 240 g/mol.